The SMILES string of the molecule is CC/C=C\C/C=C\C/C=C\C/C=C\C/C=C\C/C=C\C/C=C\C/C=C\C/C=C\C/C=C\CCCCC(=O)OC(COC(=O)CCCCCCC)COC(OCC[N+](C)(C)C)C(=O)[O-]. The summed E-state index contributed by atoms with van der Waals surface area (Å²) in [5.74, 6) is -2.38. The fourth-order valence-corrected chi connectivity index (χ4v) is 5.56. The Hall–Kier alpha value is -4.31. The van der Waals surface area contributed by atoms with Gasteiger partial charge < -0.3 is 33.3 Å². The Morgan fingerprint density at radius 2 is 0.905 bits per heavy atom. The third-order valence-corrected chi connectivity index (χ3v) is 9.22. The van der Waals surface area contributed by atoms with Crippen molar-refractivity contribution >= 4 is 17.9 Å². The van der Waals surface area contributed by atoms with Gasteiger partial charge in [0.25, 0.3) is 0 Å². The second kappa shape index (κ2) is 44.3. The van der Waals surface area contributed by atoms with Gasteiger partial charge in [-0.2, -0.15) is 0 Å². The first-order valence-corrected chi connectivity index (χ1v) is 23.7. The van der Waals surface area contributed by atoms with Crippen molar-refractivity contribution in [3.8, 4) is 0 Å². The van der Waals surface area contributed by atoms with Crippen LogP contribution in [0.5, 0.6) is 0 Å². The maximum atomic E-state index is 12.7. The molecule has 0 aliphatic heterocycles. The lowest BCUT2D eigenvalue weighted by molar-refractivity contribution is -0.870. The summed E-state index contributed by atoms with van der Waals surface area (Å²) < 4.78 is 22.3. The van der Waals surface area contributed by atoms with Gasteiger partial charge >= 0.3 is 11.9 Å². The Balaban J connectivity index is 4.26. The Labute approximate surface area is 383 Å². The average Bonchev–Trinajstić information content (AvgIpc) is 3.24. The normalized spacial score (nSPS) is 14.0. The van der Waals surface area contributed by atoms with E-state index in [0.29, 0.717) is 17.4 Å². The number of unbranched alkanes of at least 4 members (excludes halogenated alkanes) is 6. The molecule has 2 unspecified atom stereocenters. The maximum Gasteiger partial charge on any atom is 0.306 e. The number of nitrogens with zero attached hydrogens (tertiary/aromatic N) is 1. The van der Waals surface area contributed by atoms with Crippen LogP contribution >= 0.6 is 0 Å². The standard InChI is InChI=1S/C54H85NO8/c1-6-8-10-12-13-14-15-16-17-18-19-20-21-22-23-24-25-26-27-28-29-30-31-32-33-34-35-36-37-38-39-41-43-45-52(57)63-50(48-61-51(56)44-42-40-11-9-7-2)49-62-54(53(58)59)60-47-46-55(3,4)5/h8,10,13-14,16-17,19-20,22-23,25-26,28-29,31-32,34-35,37-38,50,54H,6-7,9,11-12,15,18,21,24,27,30,33,36,39-49H2,1-5H3/b10-8-,14-13-,17-16-,20-19-,23-22-,26-25-,29-28-,32-31-,35-34-,38-37-. The predicted octanol–water partition coefficient (Wildman–Crippen LogP) is 11.7. The second-order valence-corrected chi connectivity index (χ2v) is 16.3. The molecule has 0 radical (unpaired) electrons. The summed E-state index contributed by atoms with van der Waals surface area (Å²) >= 11 is 0. The van der Waals surface area contributed by atoms with Crippen molar-refractivity contribution in [2.24, 2.45) is 0 Å². The summed E-state index contributed by atoms with van der Waals surface area (Å²) in [4.78, 5) is 36.6. The number of carbonyl (C=O) groups is 3. The summed E-state index contributed by atoms with van der Waals surface area (Å²) in [6.45, 7) is 4.43. The monoisotopic (exact) mass is 876 g/mol. The molecule has 0 heterocycles. The molecule has 354 valence electrons. The zero-order valence-corrected chi connectivity index (χ0v) is 39.9. The van der Waals surface area contributed by atoms with Gasteiger partial charge in [-0.1, -0.05) is 161 Å². The van der Waals surface area contributed by atoms with Gasteiger partial charge in [-0.15, -0.1) is 0 Å². The van der Waals surface area contributed by atoms with Crippen molar-refractivity contribution in [1.29, 1.82) is 0 Å². The minimum atomic E-state index is -1.64. The van der Waals surface area contributed by atoms with Crippen molar-refractivity contribution in [3.63, 3.8) is 0 Å². The molecule has 0 amide bonds. The van der Waals surface area contributed by atoms with Crippen LogP contribution in [-0.2, 0) is 33.3 Å². The number of aliphatic carboxylic acids is 1. The number of carboxylic acid groups (broad SMARTS) is 1. The van der Waals surface area contributed by atoms with Crippen LogP contribution in [0.15, 0.2) is 122 Å². The first kappa shape index (κ1) is 58.7. The van der Waals surface area contributed by atoms with E-state index in [4.69, 9.17) is 18.9 Å². The van der Waals surface area contributed by atoms with Gasteiger partial charge in [0.1, 0.15) is 13.2 Å². The number of ether oxygens (including phenoxy) is 4. The Bertz CT molecular complexity index is 1440. The quantitative estimate of drug-likeness (QED) is 0.0196. The first-order valence-electron chi connectivity index (χ1n) is 23.7. The molecule has 0 aliphatic rings. The summed E-state index contributed by atoms with van der Waals surface area (Å²) in [6, 6.07) is 0. The molecule has 0 saturated carbocycles. The van der Waals surface area contributed by atoms with E-state index in [0.717, 1.165) is 109 Å². The lowest BCUT2D eigenvalue weighted by Gasteiger charge is -2.26. The van der Waals surface area contributed by atoms with Gasteiger partial charge in [0.15, 0.2) is 12.4 Å². The second-order valence-electron chi connectivity index (χ2n) is 16.3. The van der Waals surface area contributed by atoms with Crippen LogP contribution in [0.25, 0.3) is 0 Å². The van der Waals surface area contributed by atoms with Gasteiger partial charge in [-0.05, 0) is 89.9 Å². The lowest BCUT2D eigenvalue weighted by atomic mass is 10.1. The van der Waals surface area contributed by atoms with Crippen molar-refractivity contribution in [1.82, 2.24) is 0 Å². The molecule has 0 aromatic carbocycles. The molecule has 9 heteroatoms. The van der Waals surface area contributed by atoms with Crippen molar-refractivity contribution in [2.75, 3.05) is 47.5 Å². The molecule has 0 saturated heterocycles. The number of esters is 2. The van der Waals surface area contributed by atoms with E-state index in [1.54, 1.807) is 0 Å². The molecule has 0 rings (SSSR count). The molecule has 0 aromatic heterocycles. The fraction of sp³-hybridized carbons (Fsp3) is 0.574. The number of hydrogen-bond donors (Lipinski definition) is 0. The molecule has 0 aromatic rings. The molecule has 0 fully saturated rings. The van der Waals surface area contributed by atoms with Gasteiger partial charge in [-0.25, -0.2) is 0 Å². The predicted molar refractivity (Wildman–Crippen MR) is 260 cm³/mol. The topological polar surface area (TPSA) is 111 Å². The van der Waals surface area contributed by atoms with Gasteiger partial charge in [0.2, 0.25) is 0 Å². The maximum absolute atomic E-state index is 12.7. The highest BCUT2D eigenvalue weighted by atomic mass is 16.7. The summed E-state index contributed by atoms with van der Waals surface area (Å²) in [5, 5.41) is 11.6. The molecule has 9 nitrogen and oxygen atoms in total. The van der Waals surface area contributed by atoms with E-state index >= 15 is 0 Å². The summed E-state index contributed by atoms with van der Waals surface area (Å²) in [7, 11) is 5.87. The molecule has 0 bridgehead atoms. The van der Waals surface area contributed by atoms with E-state index in [1.165, 1.54) is 0 Å². The zero-order valence-electron chi connectivity index (χ0n) is 39.9. The Morgan fingerprint density at radius 3 is 1.33 bits per heavy atom. The number of carbonyl (C=O) groups excluding carboxylic acids is 3. The lowest BCUT2D eigenvalue weighted by Crippen LogP contribution is -2.44. The van der Waals surface area contributed by atoms with Gasteiger partial charge in [-0.3, -0.25) is 9.59 Å². The highest BCUT2D eigenvalue weighted by molar-refractivity contribution is 5.70. The van der Waals surface area contributed by atoms with E-state index in [1.807, 2.05) is 21.1 Å². The van der Waals surface area contributed by atoms with Crippen LogP contribution in [0.3, 0.4) is 0 Å². The number of likely N-dealkylation sites (N-methyl/N-ethyl adjacent to an activating group) is 1. The largest absolute Gasteiger partial charge is 0.545 e. The molecule has 0 N–H and O–H groups in total. The van der Waals surface area contributed by atoms with E-state index < -0.39 is 30.3 Å². The zero-order chi connectivity index (χ0) is 46.3. The number of rotatable bonds is 41. The molecular weight excluding hydrogens is 791 g/mol. The number of hydrogen-bond acceptors (Lipinski definition) is 8. The molecule has 0 aliphatic carbocycles. The van der Waals surface area contributed by atoms with Crippen LogP contribution < -0.4 is 5.11 Å². The summed E-state index contributed by atoms with van der Waals surface area (Å²) in [5.41, 5.74) is 0. The van der Waals surface area contributed by atoms with Gasteiger partial charge in [0, 0.05) is 12.8 Å². The highest BCUT2D eigenvalue weighted by Gasteiger charge is 2.21. The van der Waals surface area contributed by atoms with Crippen LogP contribution in [0.1, 0.15) is 142 Å². The van der Waals surface area contributed by atoms with Crippen molar-refractivity contribution in [3.05, 3.63) is 122 Å². The number of carboxylic acids is 1. The van der Waals surface area contributed by atoms with Crippen LogP contribution in [0.2, 0.25) is 0 Å². The first-order chi connectivity index (χ1) is 30.6. The molecule has 63 heavy (non-hydrogen) atoms. The van der Waals surface area contributed by atoms with Crippen molar-refractivity contribution < 1.29 is 42.9 Å². The highest BCUT2D eigenvalue weighted by Crippen LogP contribution is 2.10. The average molecular weight is 876 g/mol. The van der Waals surface area contributed by atoms with Crippen LogP contribution in [-0.4, -0.2) is 82.3 Å². The Morgan fingerprint density at radius 1 is 0.492 bits per heavy atom. The fourth-order valence-electron chi connectivity index (χ4n) is 5.56. The van der Waals surface area contributed by atoms with Gasteiger partial charge in [0.05, 0.1) is 40.3 Å². The van der Waals surface area contributed by atoms with E-state index in [9.17, 15) is 19.5 Å². The van der Waals surface area contributed by atoms with E-state index in [-0.39, 0.29) is 32.7 Å². The third kappa shape index (κ3) is 45.5. The van der Waals surface area contributed by atoms with Crippen LogP contribution in [0.4, 0.5) is 0 Å². The van der Waals surface area contributed by atoms with Crippen molar-refractivity contribution in [2.45, 2.75) is 155 Å². The molecule has 0 spiro atoms. The van der Waals surface area contributed by atoms with Crippen LogP contribution in [0, 0.1) is 0 Å². The third-order valence-electron chi connectivity index (χ3n) is 9.22. The number of quaternary nitrogens is 1. The Kier molecular flexibility index (Phi) is 41.3. The minimum absolute atomic E-state index is 0.132. The minimum Gasteiger partial charge on any atom is -0.545 e. The smallest absolute Gasteiger partial charge is 0.306 e. The summed E-state index contributed by atoms with van der Waals surface area (Å²) in [6.07, 6.45) is 58.7. The van der Waals surface area contributed by atoms with E-state index in [2.05, 4.69) is 135 Å². The molecule has 2 atom stereocenters. The number of allylic oxidation sites excluding steroid dienone is 20. The molecular formula is C54H85NO8.